The number of aromatic nitrogens is 3. The number of thiazole rings is 1. The molecule has 5 aromatic rings. The number of nitrogens with zero attached hydrogens (tertiary/aromatic N) is 3. The molecule has 3 aromatic heterocycles. The van der Waals surface area contributed by atoms with Gasteiger partial charge in [0.25, 0.3) is 10.0 Å². The Morgan fingerprint density at radius 2 is 1.76 bits per heavy atom. The minimum Gasteiger partial charge on any atom is -0.453 e. The van der Waals surface area contributed by atoms with Crippen LogP contribution in [0.1, 0.15) is 0 Å². The summed E-state index contributed by atoms with van der Waals surface area (Å²) >= 11 is 13.5. The summed E-state index contributed by atoms with van der Waals surface area (Å²) in [6.45, 7) is 0. The Hall–Kier alpha value is -3.64. The molecule has 0 saturated carbocycles. The molecule has 192 valence electrons. The van der Waals surface area contributed by atoms with Crippen LogP contribution in [0.2, 0.25) is 10.0 Å². The maximum atomic E-state index is 15.0. The molecule has 0 unspecified atom stereocenters. The standard InChI is InChI=1S/C25H14Cl2F2N4O3S2/c26-15-3-4-19(28)17(6-15)21-7-16(14-2-1-5-30-10-14)23(11-31-21)36-22-9-20(29)24(8-18(22)27)38(34,35)33-25-12-37-13-32-25/h1-13,33H. The van der Waals surface area contributed by atoms with Crippen molar-refractivity contribution in [3.8, 4) is 33.9 Å². The van der Waals surface area contributed by atoms with Crippen molar-refractivity contribution < 1.29 is 21.9 Å². The maximum absolute atomic E-state index is 15.0. The van der Waals surface area contributed by atoms with Crippen molar-refractivity contribution in [3.63, 3.8) is 0 Å². The summed E-state index contributed by atoms with van der Waals surface area (Å²) in [5.74, 6) is -1.59. The van der Waals surface area contributed by atoms with E-state index in [1.54, 1.807) is 30.6 Å². The minimum absolute atomic E-state index is 0.0502. The fourth-order valence-corrected chi connectivity index (χ4v) is 5.56. The first-order chi connectivity index (χ1) is 18.2. The normalized spacial score (nSPS) is 11.4. The van der Waals surface area contributed by atoms with Gasteiger partial charge in [-0.1, -0.05) is 29.3 Å². The Morgan fingerprint density at radius 1 is 0.921 bits per heavy atom. The first kappa shape index (κ1) is 26.0. The van der Waals surface area contributed by atoms with Gasteiger partial charge in [0.1, 0.15) is 22.3 Å². The van der Waals surface area contributed by atoms with Gasteiger partial charge in [-0.3, -0.25) is 14.7 Å². The lowest BCUT2D eigenvalue weighted by atomic mass is 10.0. The number of rotatable bonds is 7. The Labute approximate surface area is 229 Å². The number of pyridine rings is 2. The van der Waals surface area contributed by atoms with Crippen LogP contribution in [-0.4, -0.2) is 23.4 Å². The van der Waals surface area contributed by atoms with Gasteiger partial charge in [-0.2, -0.15) is 0 Å². The number of nitrogens with one attached hydrogen (secondary N) is 1. The third-order valence-corrected chi connectivity index (χ3v) is 7.70. The van der Waals surface area contributed by atoms with Crippen molar-refractivity contribution in [1.82, 2.24) is 15.0 Å². The summed E-state index contributed by atoms with van der Waals surface area (Å²) in [6.07, 6.45) is 4.46. The molecule has 0 aliphatic heterocycles. The summed E-state index contributed by atoms with van der Waals surface area (Å²) in [5, 5.41) is 1.61. The summed E-state index contributed by atoms with van der Waals surface area (Å²) in [6, 6.07) is 10.9. The molecule has 5 rings (SSSR count). The molecule has 0 radical (unpaired) electrons. The Morgan fingerprint density at radius 3 is 2.50 bits per heavy atom. The Bertz CT molecular complexity index is 1740. The Kier molecular flexibility index (Phi) is 7.26. The minimum atomic E-state index is -4.31. The van der Waals surface area contributed by atoms with E-state index in [1.165, 1.54) is 46.6 Å². The van der Waals surface area contributed by atoms with Crippen LogP contribution in [0.5, 0.6) is 11.5 Å². The topological polar surface area (TPSA) is 94.1 Å². The number of benzene rings is 2. The van der Waals surface area contributed by atoms with E-state index in [1.807, 2.05) is 0 Å². The van der Waals surface area contributed by atoms with Crippen molar-refractivity contribution in [3.05, 3.63) is 99.7 Å². The van der Waals surface area contributed by atoms with Crippen molar-refractivity contribution in [2.24, 2.45) is 0 Å². The van der Waals surface area contributed by atoms with Crippen molar-refractivity contribution in [2.45, 2.75) is 4.90 Å². The highest BCUT2D eigenvalue weighted by atomic mass is 35.5. The van der Waals surface area contributed by atoms with Gasteiger partial charge in [0.2, 0.25) is 0 Å². The van der Waals surface area contributed by atoms with Crippen LogP contribution in [0.3, 0.4) is 0 Å². The van der Waals surface area contributed by atoms with Gasteiger partial charge in [0.05, 0.1) is 22.4 Å². The number of hydrogen-bond donors (Lipinski definition) is 1. The van der Waals surface area contributed by atoms with Crippen LogP contribution >= 0.6 is 34.5 Å². The van der Waals surface area contributed by atoms with Crippen LogP contribution in [0.15, 0.2) is 82.9 Å². The van der Waals surface area contributed by atoms with Crippen LogP contribution in [0.4, 0.5) is 14.6 Å². The zero-order valence-corrected chi connectivity index (χ0v) is 22.0. The average molecular weight is 591 g/mol. The van der Waals surface area contributed by atoms with Crippen molar-refractivity contribution in [2.75, 3.05) is 4.72 Å². The molecule has 13 heteroatoms. The predicted molar refractivity (Wildman–Crippen MR) is 142 cm³/mol. The van der Waals surface area contributed by atoms with Crippen LogP contribution < -0.4 is 9.46 Å². The third-order valence-electron chi connectivity index (χ3n) is 5.21. The molecule has 0 spiro atoms. The van der Waals surface area contributed by atoms with Crippen molar-refractivity contribution >= 4 is 50.4 Å². The maximum Gasteiger partial charge on any atom is 0.266 e. The van der Waals surface area contributed by atoms with E-state index in [-0.39, 0.29) is 33.6 Å². The smallest absolute Gasteiger partial charge is 0.266 e. The third kappa shape index (κ3) is 5.46. The average Bonchev–Trinajstić information content (AvgIpc) is 3.40. The second-order valence-electron chi connectivity index (χ2n) is 7.73. The molecule has 0 fully saturated rings. The van der Waals surface area contributed by atoms with E-state index in [2.05, 4.69) is 19.7 Å². The SMILES string of the molecule is O=S(=O)(Nc1cscn1)c1cc(Cl)c(Oc2cnc(-c3cc(Cl)ccc3F)cc2-c2cccnc2)cc1F. The monoisotopic (exact) mass is 590 g/mol. The van der Waals surface area contributed by atoms with Gasteiger partial charge >= 0.3 is 0 Å². The largest absolute Gasteiger partial charge is 0.453 e. The number of sulfonamides is 1. The van der Waals surface area contributed by atoms with Gasteiger partial charge in [-0.05, 0) is 36.4 Å². The first-order valence-electron chi connectivity index (χ1n) is 10.6. The number of anilines is 1. The number of halogens is 4. The summed E-state index contributed by atoms with van der Waals surface area (Å²) in [4.78, 5) is 11.6. The highest BCUT2D eigenvalue weighted by molar-refractivity contribution is 7.92. The zero-order chi connectivity index (χ0) is 26.9. The lowest BCUT2D eigenvalue weighted by molar-refractivity contribution is 0.473. The van der Waals surface area contributed by atoms with E-state index in [4.69, 9.17) is 27.9 Å². The molecule has 0 aliphatic rings. The fraction of sp³-hybridized carbons (Fsp3) is 0. The molecule has 38 heavy (non-hydrogen) atoms. The van der Waals surface area contributed by atoms with E-state index < -0.39 is 26.6 Å². The van der Waals surface area contributed by atoms with Crippen LogP contribution in [0.25, 0.3) is 22.4 Å². The highest BCUT2D eigenvalue weighted by Gasteiger charge is 2.24. The molecule has 7 nitrogen and oxygen atoms in total. The molecule has 0 bridgehead atoms. The molecular formula is C25H14Cl2F2N4O3S2. The first-order valence-corrected chi connectivity index (χ1v) is 13.8. The predicted octanol–water partition coefficient (Wildman–Crippen LogP) is 7.45. The molecule has 0 aliphatic carbocycles. The molecular weight excluding hydrogens is 577 g/mol. The lowest BCUT2D eigenvalue weighted by Gasteiger charge is -2.15. The summed E-state index contributed by atoms with van der Waals surface area (Å²) < 4.78 is 62.9. The quantitative estimate of drug-likeness (QED) is 0.211. The van der Waals surface area contributed by atoms with E-state index >= 15 is 0 Å². The molecule has 0 amide bonds. The molecule has 1 N–H and O–H groups in total. The number of hydrogen-bond acceptors (Lipinski definition) is 7. The van der Waals surface area contributed by atoms with Crippen LogP contribution in [-0.2, 0) is 10.0 Å². The molecule has 2 aromatic carbocycles. The summed E-state index contributed by atoms with van der Waals surface area (Å²) in [7, 11) is -4.31. The van der Waals surface area contributed by atoms with Crippen molar-refractivity contribution in [1.29, 1.82) is 0 Å². The van der Waals surface area contributed by atoms with Crippen LogP contribution in [0, 0.1) is 11.6 Å². The fourth-order valence-electron chi connectivity index (χ4n) is 3.48. The van der Waals surface area contributed by atoms with Gasteiger partial charge in [0, 0.05) is 45.6 Å². The van der Waals surface area contributed by atoms with Gasteiger partial charge in [0.15, 0.2) is 11.6 Å². The zero-order valence-electron chi connectivity index (χ0n) is 18.9. The Balaban J connectivity index is 1.54. The highest BCUT2D eigenvalue weighted by Crippen LogP contribution is 2.39. The van der Waals surface area contributed by atoms with Gasteiger partial charge in [-0.15, -0.1) is 11.3 Å². The molecule has 3 heterocycles. The van der Waals surface area contributed by atoms with Gasteiger partial charge < -0.3 is 4.74 Å². The molecule has 0 saturated heterocycles. The molecule has 0 atom stereocenters. The van der Waals surface area contributed by atoms with E-state index in [9.17, 15) is 17.2 Å². The van der Waals surface area contributed by atoms with E-state index in [0.717, 1.165) is 12.1 Å². The second kappa shape index (κ2) is 10.6. The number of ether oxygens (including phenoxy) is 1. The second-order valence-corrected chi connectivity index (χ2v) is 10.9. The lowest BCUT2D eigenvalue weighted by Crippen LogP contribution is -2.15. The summed E-state index contributed by atoms with van der Waals surface area (Å²) in [5.41, 5.74) is 2.90. The van der Waals surface area contributed by atoms with Gasteiger partial charge in [-0.25, -0.2) is 22.2 Å². The van der Waals surface area contributed by atoms with E-state index in [0.29, 0.717) is 16.1 Å².